The van der Waals surface area contributed by atoms with Gasteiger partial charge in [-0.15, -0.1) is 11.6 Å². The molecule has 1 aromatic rings. The molecule has 2 atom stereocenters. The summed E-state index contributed by atoms with van der Waals surface area (Å²) in [5, 5.41) is 0.279. The zero-order chi connectivity index (χ0) is 11.0. The van der Waals surface area contributed by atoms with Gasteiger partial charge >= 0.3 is 0 Å². The Morgan fingerprint density at radius 3 is 2.31 bits per heavy atom. The van der Waals surface area contributed by atoms with Crippen molar-refractivity contribution >= 4 is 11.6 Å². The predicted octanol–water partition coefficient (Wildman–Crippen LogP) is 4.02. The van der Waals surface area contributed by atoms with Gasteiger partial charge in [0, 0.05) is 12.0 Å². The summed E-state index contributed by atoms with van der Waals surface area (Å²) < 4.78 is 5.77. The monoisotopic (exact) mass is 236 g/mol. The second-order valence-electron chi connectivity index (χ2n) is 4.92. The normalized spacial score (nSPS) is 30.3. The number of hydrogen-bond donors (Lipinski definition) is 0. The van der Waals surface area contributed by atoms with E-state index in [1.165, 1.54) is 24.0 Å². The minimum Gasteiger partial charge on any atom is -0.373 e. The van der Waals surface area contributed by atoms with Gasteiger partial charge in [0.2, 0.25) is 0 Å². The highest BCUT2D eigenvalue weighted by atomic mass is 35.5. The first-order valence-electron chi connectivity index (χ1n) is 6.18. The quantitative estimate of drug-likeness (QED) is 0.705. The SMILES string of the molecule is ClC1CCOC(c2ccc(C3CC3)cc2)C1. The molecule has 0 radical (unpaired) electrons. The Morgan fingerprint density at radius 2 is 1.69 bits per heavy atom. The predicted molar refractivity (Wildman–Crippen MR) is 66.0 cm³/mol. The molecule has 1 aliphatic carbocycles. The van der Waals surface area contributed by atoms with Crippen LogP contribution in [0.1, 0.15) is 48.8 Å². The molecule has 1 saturated heterocycles. The van der Waals surface area contributed by atoms with E-state index >= 15 is 0 Å². The third kappa shape index (κ3) is 2.26. The first-order chi connectivity index (χ1) is 7.83. The summed E-state index contributed by atoms with van der Waals surface area (Å²) >= 11 is 6.17. The van der Waals surface area contributed by atoms with Crippen molar-refractivity contribution in [2.75, 3.05) is 6.61 Å². The molecule has 1 aliphatic heterocycles. The molecule has 0 spiro atoms. The molecule has 16 heavy (non-hydrogen) atoms. The molecular formula is C14H17ClO. The van der Waals surface area contributed by atoms with Crippen LogP contribution in [0.25, 0.3) is 0 Å². The van der Waals surface area contributed by atoms with Gasteiger partial charge in [0.1, 0.15) is 0 Å². The van der Waals surface area contributed by atoms with Crippen LogP contribution in [0.3, 0.4) is 0 Å². The molecular weight excluding hydrogens is 220 g/mol. The smallest absolute Gasteiger partial charge is 0.0839 e. The van der Waals surface area contributed by atoms with Crippen LogP contribution < -0.4 is 0 Å². The summed E-state index contributed by atoms with van der Waals surface area (Å²) in [4.78, 5) is 0. The van der Waals surface area contributed by atoms with Gasteiger partial charge in [0.25, 0.3) is 0 Å². The number of halogens is 1. The third-order valence-corrected chi connectivity index (χ3v) is 3.97. The van der Waals surface area contributed by atoms with E-state index < -0.39 is 0 Å². The number of alkyl halides is 1. The Hall–Kier alpha value is -0.530. The summed E-state index contributed by atoms with van der Waals surface area (Å²) in [5.41, 5.74) is 2.77. The van der Waals surface area contributed by atoms with Crippen molar-refractivity contribution in [1.82, 2.24) is 0 Å². The molecule has 1 heterocycles. The van der Waals surface area contributed by atoms with Crippen LogP contribution in [0.4, 0.5) is 0 Å². The lowest BCUT2D eigenvalue weighted by atomic mass is 9.99. The fourth-order valence-electron chi connectivity index (χ4n) is 2.39. The van der Waals surface area contributed by atoms with Gasteiger partial charge in [-0.05, 0) is 42.7 Å². The summed E-state index contributed by atoms with van der Waals surface area (Å²) in [7, 11) is 0. The van der Waals surface area contributed by atoms with E-state index in [0.29, 0.717) is 0 Å². The topological polar surface area (TPSA) is 9.23 Å². The average Bonchev–Trinajstić information content (AvgIpc) is 3.13. The van der Waals surface area contributed by atoms with Gasteiger partial charge in [0.05, 0.1) is 6.10 Å². The highest BCUT2D eigenvalue weighted by molar-refractivity contribution is 6.20. The maximum atomic E-state index is 6.17. The number of benzene rings is 1. The third-order valence-electron chi connectivity index (χ3n) is 3.58. The molecule has 0 aromatic heterocycles. The largest absolute Gasteiger partial charge is 0.373 e. The number of rotatable bonds is 2. The van der Waals surface area contributed by atoms with Crippen LogP contribution in [-0.4, -0.2) is 12.0 Å². The van der Waals surface area contributed by atoms with Crippen LogP contribution >= 0.6 is 11.6 Å². The molecule has 2 heteroatoms. The van der Waals surface area contributed by atoms with Gasteiger partial charge < -0.3 is 4.74 Å². The molecule has 3 rings (SSSR count). The molecule has 1 nitrogen and oxygen atoms in total. The molecule has 1 aromatic carbocycles. The van der Waals surface area contributed by atoms with Gasteiger partial charge in [-0.1, -0.05) is 24.3 Å². The summed E-state index contributed by atoms with van der Waals surface area (Å²) in [6.07, 6.45) is 4.87. The Kier molecular flexibility index (Phi) is 2.91. The van der Waals surface area contributed by atoms with Crippen LogP contribution in [0.15, 0.2) is 24.3 Å². The second kappa shape index (κ2) is 4.38. The van der Waals surface area contributed by atoms with Crippen molar-refractivity contribution in [3.05, 3.63) is 35.4 Å². The first-order valence-corrected chi connectivity index (χ1v) is 6.62. The van der Waals surface area contributed by atoms with Crippen molar-refractivity contribution in [2.24, 2.45) is 0 Å². The fraction of sp³-hybridized carbons (Fsp3) is 0.571. The minimum atomic E-state index is 0.213. The van der Waals surface area contributed by atoms with E-state index in [2.05, 4.69) is 24.3 Å². The Labute approximate surface area is 102 Å². The standard InChI is InChI=1S/C14H17ClO/c15-13-7-8-16-14(9-13)12-5-3-11(4-6-12)10-1-2-10/h3-6,10,13-14H,1-2,7-9H2. The van der Waals surface area contributed by atoms with E-state index in [1.807, 2.05) is 0 Å². The van der Waals surface area contributed by atoms with Crippen molar-refractivity contribution in [3.8, 4) is 0 Å². The van der Waals surface area contributed by atoms with Crippen LogP contribution in [0.2, 0.25) is 0 Å². The van der Waals surface area contributed by atoms with Crippen LogP contribution in [0, 0.1) is 0 Å². The lowest BCUT2D eigenvalue weighted by Crippen LogP contribution is -2.19. The lowest BCUT2D eigenvalue weighted by Gasteiger charge is -2.26. The van der Waals surface area contributed by atoms with Crippen molar-refractivity contribution in [2.45, 2.75) is 43.1 Å². The van der Waals surface area contributed by atoms with E-state index in [-0.39, 0.29) is 11.5 Å². The highest BCUT2D eigenvalue weighted by Crippen LogP contribution is 2.40. The van der Waals surface area contributed by atoms with Crippen molar-refractivity contribution in [3.63, 3.8) is 0 Å². The Morgan fingerprint density at radius 1 is 1.00 bits per heavy atom. The van der Waals surface area contributed by atoms with E-state index in [9.17, 15) is 0 Å². The van der Waals surface area contributed by atoms with Crippen molar-refractivity contribution in [1.29, 1.82) is 0 Å². The molecule has 0 N–H and O–H groups in total. The van der Waals surface area contributed by atoms with Gasteiger partial charge in [-0.25, -0.2) is 0 Å². The highest BCUT2D eigenvalue weighted by Gasteiger charge is 2.25. The summed E-state index contributed by atoms with van der Waals surface area (Å²) in [5.74, 6) is 0.835. The lowest BCUT2D eigenvalue weighted by molar-refractivity contribution is 0.0169. The number of ether oxygens (including phenoxy) is 1. The zero-order valence-corrected chi connectivity index (χ0v) is 10.1. The Bertz CT molecular complexity index is 356. The average molecular weight is 237 g/mol. The Balaban J connectivity index is 1.72. The van der Waals surface area contributed by atoms with Gasteiger partial charge in [0.15, 0.2) is 0 Å². The van der Waals surface area contributed by atoms with Crippen LogP contribution in [0.5, 0.6) is 0 Å². The second-order valence-corrected chi connectivity index (χ2v) is 5.54. The maximum absolute atomic E-state index is 6.17. The molecule has 1 saturated carbocycles. The molecule has 86 valence electrons. The van der Waals surface area contributed by atoms with Gasteiger partial charge in [-0.3, -0.25) is 0 Å². The molecule has 0 bridgehead atoms. The minimum absolute atomic E-state index is 0.213. The molecule has 2 fully saturated rings. The van der Waals surface area contributed by atoms with E-state index in [0.717, 1.165) is 25.4 Å². The first kappa shape index (κ1) is 10.6. The van der Waals surface area contributed by atoms with Crippen molar-refractivity contribution < 1.29 is 4.74 Å². The summed E-state index contributed by atoms with van der Waals surface area (Å²) in [6, 6.07) is 8.95. The van der Waals surface area contributed by atoms with E-state index in [1.54, 1.807) is 0 Å². The maximum Gasteiger partial charge on any atom is 0.0839 e. The molecule has 2 unspecified atom stereocenters. The fourth-order valence-corrected chi connectivity index (χ4v) is 2.64. The molecule has 2 aliphatic rings. The number of hydrogen-bond acceptors (Lipinski definition) is 1. The zero-order valence-electron chi connectivity index (χ0n) is 9.36. The van der Waals surface area contributed by atoms with Gasteiger partial charge in [-0.2, -0.15) is 0 Å². The van der Waals surface area contributed by atoms with Crippen LogP contribution in [-0.2, 0) is 4.74 Å². The summed E-state index contributed by atoms with van der Waals surface area (Å²) in [6.45, 7) is 0.795. The van der Waals surface area contributed by atoms with E-state index in [4.69, 9.17) is 16.3 Å². The molecule has 0 amide bonds.